The Labute approximate surface area is 266 Å². The molecule has 4 heterocycles. The van der Waals surface area contributed by atoms with Gasteiger partial charge in [0.25, 0.3) is 0 Å². The van der Waals surface area contributed by atoms with Gasteiger partial charge in [0.15, 0.2) is 0 Å². The number of fused-ring (bicyclic) bond motifs is 3. The molecule has 2 aromatic carbocycles. The van der Waals surface area contributed by atoms with Crippen LogP contribution in [-0.2, 0) is 9.59 Å². The van der Waals surface area contributed by atoms with Crippen molar-refractivity contribution >= 4 is 151 Å². The maximum absolute atomic E-state index is 11.4. The third kappa shape index (κ3) is 4.64. The molecule has 0 bridgehead atoms. The van der Waals surface area contributed by atoms with E-state index < -0.39 is 0 Å². The molecule has 0 saturated heterocycles. The van der Waals surface area contributed by atoms with Crippen molar-refractivity contribution in [2.45, 2.75) is 13.8 Å². The van der Waals surface area contributed by atoms with Gasteiger partial charge in [0.05, 0.1) is 37.9 Å². The van der Waals surface area contributed by atoms with Crippen LogP contribution in [0.15, 0.2) is 54.3 Å². The zero-order chi connectivity index (χ0) is 26.9. The first-order valence-corrected chi connectivity index (χ1v) is 17.3. The van der Waals surface area contributed by atoms with E-state index in [0.29, 0.717) is 11.5 Å². The molecule has 0 aliphatic carbocycles. The summed E-state index contributed by atoms with van der Waals surface area (Å²) in [6.45, 7) is 2.80. The highest BCUT2D eigenvalue weighted by Gasteiger charge is 2.25. The molecule has 0 spiro atoms. The highest BCUT2D eigenvalue weighted by molar-refractivity contribution is 9.11. The minimum Gasteiger partial charge on any atom is -0.427 e. The van der Waals surface area contributed by atoms with Crippen LogP contribution in [0.5, 0.6) is 11.5 Å². The van der Waals surface area contributed by atoms with Crippen LogP contribution in [0.2, 0.25) is 0 Å². The van der Waals surface area contributed by atoms with Gasteiger partial charge in [-0.2, -0.15) is 0 Å². The Balaban J connectivity index is 1.44. The molecule has 6 rings (SSSR count). The van der Waals surface area contributed by atoms with E-state index in [2.05, 4.69) is 63.7 Å². The number of rotatable bonds is 4. The van der Waals surface area contributed by atoms with Crippen LogP contribution in [0.25, 0.3) is 49.1 Å². The van der Waals surface area contributed by atoms with Crippen molar-refractivity contribution in [2.75, 3.05) is 0 Å². The Hall–Kier alpha value is -1.12. The Kier molecular flexibility index (Phi) is 7.39. The number of benzene rings is 2. The standard InChI is InChI=1S/C26H12Br4O4S4/c1-9(31)33-11-3-5-13-15(7-11)35-21(17(13)27)23-19(29)25-26(37-23)20(30)24(38-25)22-18(28)14-6-4-12(34-10(2)32)8-16(14)36-22/h3-8H,1-2H3. The summed E-state index contributed by atoms with van der Waals surface area (Å²) in [5.41, 5.74) is 0. The lowest BCUT2D eigenvalue weighted by molar-refractivity contribution is -0.132. The van der Waals surface area contributed by atoms with Gasteiger partial charge < -0.3 is 9.47 Å². The van der Waals surface area contributed by atoms with Crippen molar-refractivity contribution in [1.29, 1.82) is 0 Å². The van der Waals surface area contributed by atoms with Gasteiger partial charge in [-0.15, -0.1) is 45.3 Å². The molecule has 0 atom stereocenters. The van der Waals surface area contributed by atoms with Gasteiger partial charge >= 0.3 is 11.9 Å². The minimum absolute atomic E-state index is 0.336. The van der Waals surface area contributed by atoms with E-state index in [4.69, 9.17) is 9.47 Å². The largest absolute Gasteiger partial charge is 0.427 e. The average Bonchev–Trinajstić information content (AvgIpc) is 3.55. The summed E-state index contributed by atoms with van der Waals surface area (Å²) in [5, 5.41) is 2.15. The minimum atomic E-state index is -0.336. The molecule has 0 radical (unpaired) electrons. The third-order valence-electron chi connectivity index (χ3n) is 5.55. The number of hydrogen-bond acceptors (Lipinski definition) is 8. The van der Waals surface area contributed by atoms with Gasteiger partial charge in [-0.05, 0) is 100 Å². The number of halogens is 4. The van der Waals surface area contributed by atoms with Crippen molar-refractivity contribution in [3.8, 4) is 31.0 Å². The normalized spacial score (nSPS) is 11.6. The van der Waals surface area contributed by atoms with Crippen LogP contribution in [0.1, 0.15) is 13.8 Å². The van der Waals surface area contributed by atoms with E-state index in [-0.39, 0.29) is 11.9 Å². The highest BCUT2D eigenvalue weighted by atomic mass is 79.9. The molecule has 4 aromatic heterocycles. The Bertz CT molecular complexity index is 1810. The third-order valence-corrected chi connectivity index (χ3v) is 15.5. The number of thiophene rings is 4. The van der Waals surface area contributed by atoms with Crippen molar-refractivity contribution in [2.24, 2.45) is 0 Å². The molecule has 12 heteroatoms. The molecule has 6 aromatic rings. The molecule has 192 valence electrons. The SMILES string of the molecule is CC(=O)Oc1ccc2c(Br)c(-c3sc4c(Br)c(-c5sc6cc(OC(C)=O)ccc6c5Br)sc4c3Br)sc2c1. The van der Waals surface area contributed by atoms with E-state index in [1.807, 2.05) is 36.4 Å². The Morgan fingerprint density at radius 3 is 1.32 bits per heavy atom. The molecule has 0 aliphatic heterocycles. The lowest BCUT2D eigenvalue weighted by Crippen LogP contribution is -2.00. The second kappa shape index (κ2) is 10.4. The molecule has 0 amide bonds. The molecular formula is C26H12Br4O4S4. The van der Waals surface area contributed by atoms with Crippen LogP contribution in [-0.4, -0.2) is 11.9 Å². The van der Waals surface area contributed by atoms with Crippen LogP contribution in [0.3, 0.4) is 0 Å². The van der Waals surface area contributed by atoms with Gasteiger partial charge in [0.1, 0.15) is 11.5 Å². The first kappa shape index (κ1) is 27.1. The van der Waals surface area contributed by atoms with E-state index in [0.717, 1.165) is 57.6 Å². The number of esters is 2. The first-order valence-electron chi connectivity index (χ1n) is 10.8. The molecule has 0 N–H and O–H groups in total. The van der Waals surface area contributed by atoms with Gasteiger partial charge in [-0.25, -0.2) is 0 Å². The quantitative estimate of drug-likeness (QED) is 0.131. The van der Waals surface area contributed by atoms with Crippen LogP contribution in [0.4, 0.5) is 0 Å². The summed E-state index contributed by atoms with van der Waals surface area (Å²) in [4.78, 5) is 27.3. The number of hydrogen-bond donors (Lipinski definition) is 0. The van der Waals surface area contributed by atoms with E-state index in [9.17, 15) is 9.59 Å². The van der Waals surface area contributed by atoms with Crippen molar-refractivity contribution in [3.05, 3.63) is 54.3 Å². The van der Waals surface area contributed by atoms with E-state index in [1.54, 1.807) is 45.3 Å². The Morgan fingerprint density at radius 1 is 0.579 bits per heavy atom. The lowest BCUT2D eigenvalue weighted by Gasteiger charge is -2.00. The first-order chi connectivity index (χ1) is 18.1. The maximum Gasteiger partial charge on any atom is 0.308 e. The molecular weight excluding hydrogens is 824 g/mol. The van der Waals surface area contributed by atoms with Gasteiger partial charge in [0.2, 0.25) is 0 Å². The van der Waals surface area contributed by atoms with Crippen molar-refractivity contribution in [3.63, 3.8) is 0 Å². The van der Waals surface area contributed by atoms with E-state index in [1.165, 1.54) is 23.2 Å². The monoisotopic (exact) mass is 832 g/mol. The van der Waals surface area contributed by atoms with Gasteiger partial charge in [0, 0.05) is 43.0 Å². The predicted molar refractivity (Wildman–Crippen MR) is 175 cm³/mol. The van der Waals surface area contributed by atoms with Gasteiger partial charge in [-0.3, -0.25) is 9.59 Å². The van der Waals surface area contributed by atoms with Crippen molar-refractivity contribution in [1.82, 2.24) is 0 Å². The smallest absolute Gasteiger partial charge is 0.308 e. The Morgan fingerprint density at radius 2 is 0.947 bits per heavy atom. The fourth-order valence-electron chi connectivity index (χ4n) is 4.02. The molecule has 4 nitrogen and oxygen atoms in total. The molecule has 0 unspecified atom stereocenters. The van der Waals surface area contributed by atoms with Crippen LogP contribution < -0.4 is 9.47 Å². The summed E-state index contributed by atoms with van der Waals surface area (Å²) < 4.78 is 19.1. The summed E-state index contributed by atoms with van der Waals surface area (Å²) in [5.74, 6) is 0.407. The zero-order valence-corrected chi connectivity index (χ0v) is 28.9. The molecule has 0 fully saturated rings. The topological polar surface area (TPSA) is 52.6 Å². The average molecular weight is 836 g/mol. The predicted octanol–water partition coefficient (Wildman–Crippen LogP) is 11.6. The van der Waals surface area contributed by atoms with Crippen LogP contribution >= 0.6 is 109 Å². The fourth-order valence-corrected chi connectivity index (χ4v) is 13.4. The fraction of sp³-hybridized carbons (Fsp3) is 0.0769. The van der Waals surface area contributed by atoms with E-state index >= 15 is 0 Å². The summed E-state index contributed by atoms with van der Waals surface area (Å²) in [6, 6.07) is 11.4. The lowest BCUT2D eigenvalue weighted by atomic mass is 10.2. The van der Waals surface area contributed by atoms with Crippen molar-refractivity contribution < 1.29 is 19.1 Å². The number of ether oxygens (including phenoxy) is 2. The van der Waals surface area contributed by atoms with Crippen LogP contribution in [0, 0.1) is 0 Å². The summed E-state index contributed by atoms with van der Waals surface area (Å²) in [7, 11) is 0. The summed E-state index contributed by atoms with van der Waals surface area (Å²) in [6.07, 6.45) is 0. The highest BCUT2D eigenvalue weighted by Crippen LogP contribution is 2.57. The second-order valence-electron chi connectivity index (χ2n) is 8.14. The number of carbonyl (C=O) groups excluding carboxylic acids is 2. The zero-order valence-electron chi connectivity index (χ0n) is 19.2. The summed E-state index contributed by atoms with van der Waals surface area (Å²) >= 11 is 22.2. The second-order valence-corrected chi connectivity index (χ2v) is 15.5. The maximum atomic E-state index is 11.4. The number of carbonyl (C=O) groups is 2. The molecule has 0 saturated carbocycles. The molecule has 38 heavy (non-hydrogen) atoms. The van der Waals surface area contributed by atoms with Gasteiger partial charge in [-0.1, -0.05) is 0 Å². The molecule has 0 aliphatic rings.